The maximum atomic E-state index is 12.2. The molecule has 0 bridgehead atoms. The number of nitrogens with one attached hydrogen (secondary N) is 2. The summed E-state index contributed by atoms with van der Waals surface area (Å²) in [7, 11) is 0. The fraction of sp³-hybridized carbons (Fsp3) is 0. The molecule has 0 spiro atoms. The number of anilines is 2. The molecule has 0 fully saturated rings. The Balaban J connectivity index is 1.90. The van der Waals surface area contributed by atoms with E-state index in [4.69, 9.17) is 4.74 Å². The Labute approximate surface area is 120 Å². The van der Waals surface area contributed by atoms with E-state index in [1.165, 1.54) is 0 Å². The van der Waals surface area contributed by atoms with E-state index < -0.39 is 5.91 Å². The molecule has 0 radical (unpaired) electrons. The Hall–Kier alpha value is -3.08. The van der Waals surface area contributed by atoms with Gasteiger partial charge in [0.15, 0.2) is 5.75 Å². The van der Waals surface area contributed by atoms with Gasteiger partial charge in [0.2, 0.25) is 5.76 Å². The van der Waals surface area contributed by atoms with E-state index in [2.05, 4.69) is 10.6 Å². The number of benzene rings is 2. The van der Waals surface area contributed by atoms with Gasteiger partial charge in [0.05, 0.1) is 11.3 Å². The van der Waals surface area contributed by atoms with Crippen LogP contribution in [-0.4, -0.2) is 11.8 Å². The first-order chi connectivity index (χ1) is 10.2. The Morgan fingerprint density at radius 3 is 2.29 bits per heavy atom. The SMILES string of the molecule is O=C1Nc2ccccc2O/C1=C1\C(=O)Nc2ccccc21. The quantitative estimate of drug-likeness (QED) is 0.727. The van der Waals surface area contributed by atoms with E-state index >= 15 is 0 Å². The van der Waals surface area contributed by atoms with Crippen molar-refractivity contribution >= 4 is 28.8 Å². The lowest BCUT2D eigenvalue weighted by molar-refractivity contribution is -0.116. The molecule has 2 aliphatic rings. The molecule has 2 heterocycles. The third-order valence-electron chi connectivity index (χ3n) is 3.45. The number of para-hydroxylation sites is 3. The molecule has 0 saturated carbocycles. The molecule has 5 heteroatoms. The minimum atomic E-state index is -0.421. The van der Waals surface area contributed by atoms with Crippen LogP contribution in [0.1, 0.15) is 5.56 Å². The summed E-state index contributed by atoms with van der Waals surface area (Å²) in [4.78, 5) is 24.4. The van der Waals surface area contributed by atoms with Gasteiger partial charge in [0.1, 0.15) is 0 Å². The van der Waals surface area contributed by atoms with Gasteiger partial charge in [-0.2, -0.15) is 0 Å². The van der Waals surface area contributed by atoms with Gasteiger partial charge < -0.3 is 15.4 Å². The maximum absolute atomic E-state index is 12.2. The zero-order valence-corrected chi connectivity index (χ0v) is 10.8. The van der Waals surface area contributed by atoms with E-state index in [-0.39, 0.29) is 17.2 Å². The molecule has 2 aliphatic heterocycles. The first-order valence-corrected chi connectivity index (χ1v) is 6.47. The molecular weight excluding hydrogens is 268 g/mol. The summed E-state index contributed by atoms with van der Waals surface area (Å²) in [6.45, 7) is 0. The number of fused-ring (bicyclic) bond motifs is 2. The van der Waals surface area contributed by atoms with Crippen molar-refractivity contribution in [1.29, 1.82) is 0 Å². The Kier molecular flexibility index (Phi) is 2.35. The third-order valence-corrected chi connectivity index (χ3v) is 3.45. The zero-order valence-electron chi connectivity index (χ0n) is 10.8. The molecule has 2 N–H and O–H groups in total. The molecule has 0 atom stereocenters. The van der Waals surface area contributed by atoms with Gasteiger partial charge in [-0.1, -0.05) is 30.3 Å². The molecule has 2 aromatic carbocycles. The molecule has 21 heavy (non-hydrogen) atoms. The van der Waals surface area contributed by atoms with Crippen molar-refractivity contribution in [2.75, 3.05) is 10.6 Å². The van der Waals surface area contributed by atoms with Crippen molar-refractivity contribution in [3.05, 3.63) is 59.9 Å². The van der Waals surface area contributed by atoms with Gasteiger partial charge >= 0.3 is 0 Å². The van der Waals surface area contributed by atoms with Gasteiger partial charge in [-0.15, -0.1) is 0 Å². The van der Waals surface area contributed by atoms with Crippen LogP contribution in [0.4, 0.5) is 11.4 Å². The van der Waals surface area contributed by atoms with Crippen LogP contribution >= 0.6 is 0 Å². The zero-order chi connectivity index (χ0) is 14.4. The lowest BCUT2D eigenvalue weighted by Crippen LogP contribution is -2.26. The van der Waals surface area contributed by atoms with E-state index in [1.54, 1.807) is 36.4 Å². The number of rotatable bonds is 0. The van der Waals surface area contributed by atoms with Crippen LogP contribution < -0.4 is 15.4 Å². The molecule has 0 unspecified atom stereocenters. The minimum absolute atomic E-state index is 0.0242. The van der Waals surface area contributed by atoms with Gasteiger partial charge in [0, 0.05) is 11.3 Å². The molecular formula is C16H10N2O3. The monoisotopic (exact) mass is 278 g/mol. The highest BCUT2D eigenvalue weighted by atomic mass is 16.5. The molecule has 0 aliphatic carbocycles. The number of carbonyl (C=O) groups excluding carboxylic acids is 2. The molecule has 5 nitrogen and oxygen atoms in total. The van der Waals surface area contributed by atoms with Crippen molar-refractivity contribution < 1.29 is 14.3 Å². The van der Waals surface area contributed by atoms with Crippen molar-refractivity contribution in [3.63, 3.8) is 0 Å². The summed E-state index contributed by atoms with van der Waals surface area (Å²) < 4.78 is 5.66. The Bertz CT molecular complexity index is 824. The fourth-order valence-corrected chi connectivity index (χ4v) is 2.50. The normalized spacial score (nSPS) is 19.2. The fourth-order valence-electron chi connectivity index (χ4n) is 2.50. The smallest absolute Gasteiger partial charge is 0.292 e. The van der Waals surface area contributed by atoms with E-state index in [9.17, 15) is 9.59 Å². The summed E-state index contributed by atoms with van der Waals surface area (Å²) in [5, 5.41) is 5.47. The first kappa shape index (κ1) is 11.7. The summed E-state index contributed by atoms with van der Waals surface area (Å²) in [6, 6.07) is 14.3. The molecule has 0 saturated heterocycles. The lowest BCUT2D eigenvalue weighted by Gasteiger charge is -2.20. The van der Waals surface area contributed by atoms with Crippen LogP contribution in [0.5, 0.6) is 5.75 Å². The van der Waals surface area contributed by atoms with Crippen LogP contribution in [0.2, 0.25) is 0 Å². The predicted molar refractivity (Wildman–Crippen MR) is 77.7 cm³/mol. The van der Waals surface area contributed by atoms with Crippen LogP contribution in [0.15, 0.2) is 54.3 Å². The lowest BCUT2D eigenvalue weighted by atomic mass is 10.0. The summed E-state index contributed by atoms with van der Waals surface area (Å²) >= 11 is 0. The molecule has 0 aromatic heterocycles. The predicted octanol–water partition coefficient (Wildman–Crippen LogP) is 2.38. The summed E-state index contributed by atoms with van der Waals surface area (Å²) in [5.74, 6) is -0.204. The van der Waals surface area contributed by atoms with Gasteiger partial charge in [-0.25, -0.2) is 0 Å². The van der Waals surface area contributed by atoms with Crippen LogP contribution in [0.3, 0.4) is 0 Å². The topological polar surface area (TPSA) is 67.4 Å². The van der Waals surface area contributed by atoms with E-state index in [0.29, 0.717) is 22.7 Å². The number of ether oxygens (including phenoxy) is 1. The second kappa shape index (κ2) is 4.21. The second-order valence-electron chi connectivity index (χ2n) is 4.76. The number of carbonyl (C=O) groups is 2. The molecule has 4 rings (SSSR count). The van der Waals surface area contributed by atoms with Crippen molar-refractivity contribution in [3.8, 4) is 5.75 Å². The average Bonchev–Trinajstić information content (AvgIpc) is 2.82. The third kappa shape index (κ3) is 1.71. The molecule has 102 valence electrons. The number of hydrogen-bond donors (Lipinski definition) is 2. The van der Waals surface area contributed by atoms with E-state index in [1.807, 2.05) is 12.1 Å². The summed E-state index contributed by atoms with van der Waals surface area (Å²) in [5.41, 5.74) is 2.21. The largest absolute Gasteiger partial charge is 0.448 e. The average molecular weight is 278 g/mol. The maximum Gasteiger partial charge on any atom is 0.292 e. The van der Waals surface area contributed by atoms with Crippen molar-refractivity contribution in [2.45, 2.75) is 0 Å². The highest BCUT2D eigenvalue weighted by Gasteiger charge is 2.34. The molecule has 2 aromatic rings. The second-order valence-corrected chi connectivity index (χ2v) is 4.76. The van der Waals surface area contributed by atoms with Gasteiger partial charge in [-0.3, -0.25) is 9.59 Å². The standard InChI is InChI=1S/C16H10N2O3/c19-15-13(9-5-1-2-6-10(9)17-15)14-16(20)18-11-7-3-4-8-12(11)21-14/h1-8H,(H,17,19)(H,18,20)/b14-13-. The van der Waals surface area contributed by atoms with Crippen LogP contribution in [0.25, 0.3) is 5.57 Å². The van der Waals surface area contributed by atoms with Crippen LogP contribution in [0, 0.1) is 0 Å². The highest BCUT2D eigenvalue weighted by molar-refractivity contribution is 6.35. The van der Waals surface area contributed by atoms with Crippen molar-refractivity contribution in [2.24, 2.45) is 0 Å². The number of amides is 2. The summed E-state index contributed by atoms with van der Waals surface area (Å²) in [6.07, 6.45) is 0. The van der Waals surface area contributed by atoms with Gasteiger partial charge in [-0.05, 0) is 18.2 Å². The highest BCUT2D eigenvalue weighted by Crippen LogP contribution is 2.38. The number of hydrogen-bond acceptors (Lipinski definition) is 3. The molecule has 2 amide bonds. The van der Waals surface area contributed by atoms with Crippen molar-refractivity contribution in [1.82, 2.24) is 0 Å². The Morgan fingerprint density at radius 2 is 1.43 bits per heavy atom. The van der Waals surface area contributed by atoms with Crippen LogP contribution in [-0.2, 0) is 9.59 Å². The van der Waals surface area contributed by atoms with E-state index in [0.717, 1.165) is 0 Å². The minimum Gasteiger partial charge on any atom is -0.448 e. The Morgan fingerprint density at radius 1 is 0.762 bits per heavy atom. The van der Waals surface area contributed by atoms with Gasteiger partial charge in [0.25, 0.3) is 11.8 Å². The first-order valence-electron chi connectivity index (χ1n) is 6.47.